The largest absolute Gasteiger partial charge is 0.394 e. The molecule has 8 N–H and O–H groups in total. The smallest absolute Gasteiger partial charge is 0.249 e. The van der Waals surface area contributed by atoms with Crippen LogP contribution in [0, 0.1) is 0 Å². The Balaban J connectivity index is 2.30. The van der Waals surface area contributed by atoms with Gasteiger partial charge in [0.25, 0.3) is 0 Å². The average molecular weight is 1020 g/mol. The van der Waals surface area contributed by atoms with E-state index >= 15 is 0 Å². The van der Waals surface area contributed by atoms with E-state index < -0.39 is 74.2 Å². The second-order valence-corrected chi connectivity index (χ2v) is 21.8. The number of ether oxygens (including phenoxy) is 2. The molecule has 0 radical (unpaired) electrons. The molecular formula is C61H117NO10. The topological polar surface area (TPSA) is 189 Å². The Bertz CT molecular complexity index is 1220. The van der Waals surface area contributed by atoms with Gasteiger partial charge < -0.3 is 50.5 Å². The number of amides is 1. The summed E-state index contributed by atoms with van der Waals surface area (Å²) < 4.78 is 11.1. The molecule has 0 aliphatic carbocycles. The normalized spacial score (nSPS) is 20.2. The molecule has 1 rings (SSSR count). The van der Waals surface area contributed by atoms with Crippen LogP contribution in [0.2, 0.25) is 0 Å². The number of hydrogen-bond acceptors (Lipinski definition) is 10. The molecule has 0 spiro atoms. The number of unbranched alkanes of at least 4 members (excludes halogenated alkanes) is 37. The molecule has 1 heterocycles. The molecule has 0 bridgehead atoms. The van der Waals surface area contributed by atoms with Crippen molar-refractivity contribution in [2.75, 3.05) is 13.2 Å². The van der Waals surface area contributed by atoms with Crippen molar-refractivity contribution < 1.29 is 50.0 Å². The summed E-state index contributed by atoms with van der Waals surface area (Å²) in [6.45, 7) is 3.48. The van der Waals surface area contributed by atoms with Crippen LogP contribution in [0.3, 0.4) is 0 Å². The van der Waals surface area contributed by atoms with Crippen LogP contribution in [0.15, 0.2) is 24.3 Å². The number of rotatable bonds is 53. The molecule has 11 nitrogen and oxygen atoms in total. The highest BCUT2D eigenvalue weighted by molar-refractivity contribution is 5.80. The number of carbonyl (C=O) groups is 1. The first-order chi connectivity index (χ1) is 35.2. The van der Waals surface area contributed by atoms with Crippen LogP contribution in [0.1, 0.15) is 290 Å². The third kappa shape index (κ3) is 38.2. The number of allylic oxidation sites excluding steroid dienone is 4. The van der Waals surface area contributed by atoms with Gasteiger partial charge >= 0.3 is 0 Å². The van der Waals surface area contributed by atoms with Gasteiger partial charge in [-0.3, -0.25) is 4.79 Å². The van der Waals surface area contributed by atoms with Gasteiger partial charge in [0.1, 0.15) is 36.6 Å². The zero-order valence-electron chi connectivity index (χ0n) is 46.7. The van der Waals surface area contributed by atoms with Crippen molar-refractivity contribution in [2.24, 2.45) is 0 Å². The van der Waals surface area contributed by atoms with Crippen LogP contribution in [0.25, 0.3) is 0 Å². The monoisotopic (exact) mass is 1020 g/mol. The Morgan fingerprint density at radius 3 is 1.24 bits per heavy atom. The van der Waals surface area contributed by atoms with Gasteiger partial charge in [0.2, 0.25) is 5.91 Å². The fourth-order valence-corrected chi connectivity index (χ4v) is 9.99. The molecule has 0 aromatic rings. The molecule has 0 saturated carbocycles. The minimum atomic E-state index is -1.67. The lowest BCUT2D eigenvalue weighted by molar-refractivity contribution is -0.303. The molecule has 1 amide bonds. The van der Waals surface area contributed by atoms with Gasteiger partial charge in [-0.25, -0.2) is 0 Å². The maximum Gasteiger partial charge on any atom is 0.249 e. The molecular weight excluding hydrogens is 907 g/mol. The predicted molar refractivity (Wildman–Crippen MR) is 298 cm³/mol. The molecule has 426 valence electrons. The number of aliphatic hydroxyl groups is 7. The summed E-state index contributed by atoms with van der Waals surface area (Å²) in [4.78, 5) is 13.2. The summed E-state index contributed by atoms with van der Waals surface area (Å²) in [5.74, 6) is -0.705. The van der Waals surface area contributed by atoms with Crippen molar-refractivity contribution in [1.82, 2.24) is 5.32 Å². The van der Waals surface area contributed by atoms with E-state index in [1.165, 1.54) is 205 Å². The van der Waals surface area contributed by atoms with Crippen molar-refractivity contribution in [1.29, 1.82) is 0 Å². The lowest BCUT2D eigenvalue weighted by Crippen LogP contribution is -2.60. The van der Waals surface area contributed by atoms with Crippen molar-refractivity contribution in [3.63, 3.8) is 0 Å². The van der Waals surface area contributed by atoms with Crippen LogP contribution in [-0.4, -0.2) is 110 Å². The van der Waals surface area contributed by atoms with E-state index in [1.54, 1.807) is 0 Å². The van der Waals surface area contributed by atoms with Crippen molar-refractivity contribution in [2.45, 2.75) is 345 Å². The first-order valence-electron chi connectivity index (χ1n) is 30.7. The molecule has 9 atom stereocenters. The van der Waals surface area contributed by atoms with Gasteiger partial charge in [0.05, 0.1) is 25.4 Å². The lowest BCUT2D eigenvalue weighted by atomic mass is 9.98. The molecule has 11 heteroatoms. The Morgan fingerprint density at radius 1 is 0.472 bits per heavy atom. The van der Waals surface area contributed by atoms with Crippen LogP contribution in [0.4, 0.5) is 0 Å². The zero-order valence-corrected chi connectivity index (χ0v) is 46.7. The zero-order chi connectivity index (χ0) is 52.5. The maximum atomic E-state index is 13.2. The molecule has 1 saturated heterocycles. The van der Waals surface area contributed by atoms with Gasteiger partial charge in [0.15, 0.2) is 6.29 Å². The first-order valence-corrected chi connectivity index (χ1v) is 30.7. The van der Waals surface area contributed by atoms with Crippen molar-refractivity contribution >= 4 is 5.91 Å². The highest BCUT2D eigenvalue weighted by Gasteiger charge is 2.44. The van der Waals surface area contributed by atoms with E-state index in [0.29, 0.717) is 19.3 Å². The van der Waals surface area contributed by atoms with Gasteiger partial charge in [0, 0.05) is 0 Å². The summed E-state index contributed by atoms with van der Waals surface area (Å²) >= 11 is 0. The Morgan fingerprint density at radius 2 is 0.833 bits per heavy atom. The number of nitrogens with one attached hydrogen (secondary N) is 1. The van der Waals surface area contributed by atoms with Gasteiger partial charge in [-0.05, 0) is 51.4 Å². The summed E-state index contributed by atoms with van der Waals surface area (Å²) in [5.41, 5.74) is 0. The molecule has 0 aromatic heterocycles. The quantitative estimate of drug-likeness (QED) is 0.0215. The lowest BCUT2D eigenvalue weighted by Gasteiger charge is -2.40. The molecule has 9 unspecified atom stereocenters. The second kappa shape index (κ2) is 50.4. The van der Waals surface area contributed by atoms with E-state index in [2.05, 4.69) is 43.5 Å². The summed E-state index contributed by atoms with van der Waals surface area (Å²) in [6, 6.07) is -1.19. The van der Waals surface area contributed by atoms with Gasteiger partial charge in [-0.1, -0.05) is 263 Å². The third-order valence-electron chi connectivity index (χ3n) is 15.0. The van der Waals surface area contributed by atoms with Crippen molar-refractivity contribution in [3.8, 4) is 0 Å². The average Bonchev–Trinajstić information content (AvgIpc) is 3.38. The highest BCUT2D eigenvalue weighted by Crippen LogP contribution is 2.23. The molecule has 72 heavy (non-hydrogen) atoms. The molecule has 1 aliphatic heterocycles. The van der Waals surface area contributed by atoms with Gasteiger partial charge in [-0.15, -0.1) is 0 Å². The minimum absolute atomic E-state index is 0.249. The van der Waals surface area contributed by atoms with E-state index in [1.807, 2.05) is 0 Å². The SMILES string of the molecule is CCCCCCCCCCCCCCCCCCC/C=C/CC/C=C/CCCC(O)C(O)C(COC1OC(CO)C(O)C(O)C1O)NC(=O)C(O)CCCCCCCCCCCCCCCCCCCCC. The summed E-state index contributed by atoms with van der Waals surface area (Å²) in [5, 5.41) is 76.2. The van der Waals surface area contributed by atoms with E-state index in [-0.39, 0.29) is 12.8 Å². The molecule has 1 fully saturated rings. The predicted octanol–water partition coefficient (Wildman–Crippen LogP) is 13.3. The standard InChI is InChI=1S/C61H117NO10/c1-3-5-7-9-11-13-15-17-19-21-23-24-25-26-27-28-29-31-32-34-36-38-40-42-44-46-48-53(64)56(66)52(51-71-61-59(69)58(68)57(67)55(50-63)72-61)62-60(70)54(65)49-47-45-43-41-39-37-35-33-30-22-20-18-16-14-12-10-8-6-4-2/h32,34,40,42,52-59,61,63-69H,3-31,33,35-39,41,43-51H2,1-2H3,(H,62,70)/b34-32+,42-40+. The van der Waals surface area contributed by atoms with Crippen LogP contribution in [0.5, 0.6) is 0 Å². The number of carbonyl (C=O) groups excluding carboxylic acids is 1. The fourth-order valence-electron chi connectivity index (χ4n) is 9.99. The number of hydrogen-bond donors (Lipinski definition) is 8. The maximum absolute atomic E-state index is 13.2. The summed E-state index contributed by atoms with van der Waals surface area (Å²) in [6.07, 6.45) is 49.6. The van der Waals surface area contributed by atoms with Crippen LogP contribution >= 0.6 is 0 Å². The van der Waals surface area contributed by atoms with Gasteiger partial charge in [-0.2, -0.15) is 0 Å². The minimum Gasteiger partial charge on any atom is -0.394 e. The second-order valence-electron chi connectivity index (χ2n) is 21.8. The van der Waals surface area contributed by atoms with Crippen LogP contribution < -0.4 is 5.32 Å². The Kier molecular flexibility index (Phi) is 48.0. The van der Waals surface area contributed by atoms with E-state index in [9.17, 15) is 40.5 Å². The van der Waals surface area contributed by atoms with E-state index in [4.69, 9.17) is 9.47 Å². The van der Waals surface area contributed by atoms with Crippen LogP contribution in [-0.2, 0) is 14.3 Å². The van der Waals surface area contributed by atoms with Crippen molar-refractivity contribution in [3.05, 3.63) is 24.3 Å². The molecule has 1 aliphatic rings. The Labute approximate surface area is 442 Å². The third-order valence-corrected chi connectivity index (χ3v) is 15.0. The number of aliphatic hydroxyl groups excluding tert-OH is 7. The Hall–Kier alpha value is -1.41. The highest BCUT2D eigenvalue weighted by atomic mass is 16.7. The summed E-state index contributed by atoms with van der Waals surface area (Å²) in [7, 11) is 0. The fraction of sp³-hybridized carbons (Fsp3) is 0.918. The molecule has 0 aromatic carbocycles. The first kappa shape index (κ1) is 68.6. The van der Waals surface area contributed by atoms with E-state index in [0.717, 1.165) is 38.5 Å².